The fourth-order valence-electron chi connectivity index (χ4n) is 2.61. The van der Waals surface area contributed by atoms with Crippen molar-refractivity contribution < 1.29 is 14.6 Å². The lowest BCUT2D eigenvalue weighted by Gasteiger charge is -2.05. The number of ketones is 1. The number of aromatic hydroxyl groups is 1. The van der Waals surface area contributed by atoms with Gasteiger partial charge in [-0.3, -0.25) is 4.79 Å². The van der Waals surface area contributed by atoms with E-state index in [1.165, 1.54) is 18.2 Å². The highest BCUT2D eigenvalue weighted by Gasteiger charge is 2.28. The van der Waals surface area contributed by atoms with Gasteiger partial charge in [-0.2, -0.15) is 0 Å². The second kappa shape index (κ2) is 5.11. The molecule has 3 aromatic rings. The van der Waals surface area contributed by atoms with E-state index in [0.717, 1.165) is 10.8 Å². The molecule has 1 N–H and O–H groups in total. The third kappa shape index (κ3) is 2.24. The van der Waals surface area contributed by atoms with Crippen molar-refractivity contribution in [3.63, 3.8) is 0 Å². The number of phenolic OH excluding ortho intramolecular Hbond substituents is 1. The van der Waals surface area contributed by atoms with Crippen molar-refractivity contribution in [2.75, 3.05) is 0 Å². The second-order valence-corrected chi connectivity index (χ2v) is 5.53. The smallest absolute Gasteiger partial charge is 0.231 e. The Morgan fingerprint density at radius 2 is 2.00 bits per heavy atom. The largest absolute Gasteiger partial charge is 0.508 e. The highest BCUT2D eigenvalue weighted by molar-refractivity contribution is 6.32. The first-order valence-electron chi connectivity index (χ1n) is 6.94. The van der Waals surface area contributed by atoms with Crippen LogP contribution in [0.2, 0.25) is 5.15 Å². The summed E-state index contributed by atoms with van der Waals surface area (Å²) in [6.07, 6.45) is 3.28. The molecule has 0 spiro atoms. The monoisotopic (exact) mass is 323 g/mol. The SMILES string of the molecule is O=C1/C(=C/c2c(Cl)ncc3ccccc23)Oc2cc(O)ccc21. The predicted octanol–water partition coefficient (Wildman–Crippen LogP) is 4.21. The van der Waals surface area contributed by atoms with Crippen molar-refractivity contribution in [1.29, 1.82) is 0 Å². The molecule has 0 radical (unpaired) electrons. The molecular weight excluding hydrogens is 314 g/mol. The Hall–Kier alpha value is -2.85. The molecule has 0 bridgehead atoms. The van der Waals surface area contributed by atoms with Gasteiger partial charge in [0.05, 0.1) is 5.56 Å². The fraction of sp³-hybridized carbons (Fsp3) is 0. The minimum atomic E-state index is -0.246. The average molecular weight is 324 g/mol. The first-order valence-corrected chi connectivity index (χ1v) is 7.32. The molecule has 0 atom stereocenters. The van der Waals surface area contributed by atoms with E-state index in [4.69, 9.17) is 16.3 Å². The molecule has 0 saturated heterocycles. The van der Waals surface area contributed by atoms with E-state index in [2.05, 4.69) is 4.98 Å². The van der Waals surface area contributed by atoms with Crippen LogP contribution in [0.4, 0.5) is 0 Å². The number of hydrogen-bond donors (Lipinski definition) is 1. The summed E-state index contributed by atoms with van der Waals surface area (Å²) < 4.78 is 5.57. The molecule has 4 rings (SSSR count). The van der Waals surface area contributed by atoms with E-state index >= 15 is 0 Å². The van der Waals surface area contributed by atoms with Crippen molar-refractivity contribution in [1.82, 2.24) is 4.98 Å². The van der Waals surface area contributed by atoms with Crippen LogP contribution in [0.15, 0.2) is 54.4 Å². The van der Waals surface area contributed by atoms with Gasteiger partial charge in [-0.1, -0.05) is 35.9 Å². The molecule has 112 valence electrons. The summed E-state index contributed by atoms with van der Waals surface area (Å²) in [6, 6.07) is 12.0. The maximum Gasteiger partial charge on any atom is 0.231 e. The zero-order chi connectivity index (χ0) is 16.0. The summed E-state index contributed by atoms with van der Waals surface area (Å²) in [7, 11) is 0. The van der Waals surface area contributed by atoms with Crippen LogP contribution in [0.25, 0.3) is 16.8 Å². The van der Waals surface area contributed by atoms with Gasteiger partial charge < -0.3 is 9.84 Å². The molecule has 1 aliphatic heterocycles. The lowest BCUT2D eigenvalue weighted by atomic mass is 10.1. The number of Topliss-reactive ketones (excluding diaryl/α,β-unsaturated/α-hetero) is 1. The van der Waals surface area contributed by atoms with Gasteiger partial charge in [0.15, 0.2) is 5.76 Å². The Bertz CT molecular complexity index is 995. The van der Waals surface area contributed by atoms with Crippen LogP contribution in [0.5, 0.6) is 11.5 Å². The van der Waals surface area contributed by atoms with Gasteiger partial charge in [-0.15, -0.1) is 0 Å². The molecule has 1 aromatic heterocycles. The number of benzene rings is 2. The number of carbonyl (C=O) groups excluding carboxylic acids is 1. The molecule has 0 aliphatic carbocycles. The highest BCUT2D eigenvalue weighted by atomic mass is 35.5. The number of pyridine rings is 1. The van der Waals surface area contributed by atoms with Crippen LogP contribution in [-0.4, -0.2) is 15.9 Å². The van der Waals surface area contributed by atoms with Crippen LogP contribution in [0, 0.1) is 0 Å². The average Bonchev–Trinajstić information content (AvgIpc) is 2.85. The number of allylic oxidation sites excluding steroid dienone is 1. The number of phenols is 1. The molecule has 1 aliphatic rings. The van der Waals surface area contributed by atoms with E-state index in [1.54, 1.807) is 12.3 Å². The third-order valence-electron chi connectivity index (χ3n) is 3.72. The molecule has 0 saturated carbocycles. The maximum atomic E-state index is 12.4. The zero-order valence-corrected chi connectivity index (χ0v) is 12.5. The molecule has 0 unspecified atom stereocenters. The molecule has 2 heterocycles. The number of aromatic nitrogens is 1. The normalized spacial score (nSPS) is 15.0. The summed E-state index contributed by atoms with van der Waals surface area (Å²) >= 11 is 6.20. The first kappa shape index (κ1) is 13.8. The van der Waals surface area contributed by atoms with Crippen molar-refractivity contribution >= 4 is 34.2 Å². The quantitative estimate of drug-likeness (QED) is 0.538. The van der Waals surface area contributed by atoms with E-state index in [9.17, 15) is 9.90 Å². The molecule has 4 nitrogen and oxygen atoms in total. The van der Waals surface area contributed by atoms with E-state index in [1.807, 2.05) is 24.3 Å². The summed E-state index contributed by atoms with van der Waals surface area (Å²) in [5.74, 6) is 0.294. The summed E-state index contributed by atoms with van der Waals surface area (Å²) in [4.78, 5) is 16.6. The predicted molar refractivity (Wildman–Crippen MR) is 87.8 cm³/mol. The number of ether oxygens (including phenoxy) is 1. The molecule has 23 heavy (non-hydrogen) atoms. The first-order chi connectivity index (χ1) is 11.1. The zero-order valence-electron chi connectivity index (χ0n) is 11.8. The van der Waals surface area contributed by atoms with Crippen LogP contribution in [0.1, 0.15) is 15.9 Å². The Balaban J connectivity index is 1.87. The number of carbonyl (C=O) groups is 1. The van der Waals surface area contributed by atoms with Crippen LogP contribution < -0.4 is 4.74 Å². The maximum absolute atomic E-state index is 12.4. The van der Waals surface area contributed by atoms with Crippen LogP contribution >= 0.6 is 11.6 Å². The Labute approximate surface area is 136 Å². The number of hydrogen-bond acceptors (Lipinski definition) is 4. The van der Waals surface area contributed by atoms with Gasteiger partial charge >= 0.3 is 0 Å². The highest BCUT2D eigenvalue weighted by Crippen LogP contribution is 2.35. The summed E-state index contributed by atoms with van der Waals surface area (Å²) in [6.45, 7) is 0. The topological polar surface area (TPSA) is 59.4 Å². The van der Waals surface area contributed by atoms with Crippen LogP contribution in [-0.2, 0) is 0 Å². The van der Waals surface area contributed by atoms with Gasteiger partial charge in [0.1, 0.15) is 16.7 Å². The minimum absolute atomic E-state index is 0.0441. The summed E-state index contributed by atoms with van der Waals surface area (Å²) in [5, 5.41) is 11.6. The number of nitrogens with zero attached hydrogens (tertiary/aromatic N) is 1. The molecule has 2 aromatic carbocycles. The Kier molecular flexibility index (Phi) is 3.06. The molecule has 0 amide bonds. The van der Waals surface area contributed by atoms with Gasteiger partial charge in [0.2, 0.25) is 5.78 Å². The lowest BCUT2D eigenvalue weighted by molar-refractivity contribution is 0.101. The van der Waals surface area contributed by atoms with E-state index in [0.29, 0.717) is 22.0 Å². The van der Waals surface area contributed by atoms with Crippen LogP contribution in [0.3, 0.4) is 0 Å². The standard InChI is InChI=1S/C18H10ClNO3/c19-18-14(12-4-2-1-3-10(12)9-20-18)8-16-17(22)13-6-5-11(21)7-15(13)23-16/h1-9,21H/b16-8-. The number of fused-ring (bicyclic) bond motifs is 2. The van der Waals surface area contributed by atoms with Crippen molar-refractivity contribution in [2.45, 2.75) is 0 Å². The van der Waals surface area contributed by atoms with Gasteiger partial charge in [-0.05, 0) is 23.6 Å². The molecule has 5 heteroatoms. The number of halogens is 1. The van der Waals surface area contributed by atoms with E-state index < -0.39 is 0 Å². The van der Waals surface area contributed by atoms with Crippen molar-refractivity contribution in [3.05, 3.63) is 70.7 Å². The molecule has 0 fully saturated rings. The second-order valence-electron chi connectivity index (χ2n) is 5.17. The number of rotatable bonds is 1. The summed E-state index contributed by atoms with van der Waals surface area (Å²) in [5.41, 5.74) is 1.04. The fourth-order valence-corrected chi connectivity index (χ4v) is 2.81. The minimum Gasteiger partial charge on any atom is -0.508 e. The lowest BCUT2D eigenvalue weighted by Crippen LogP contribution is -1.99. The van der Waals surface area contributed by atoms with Crippen molar-refractivity contribution in [3.8, 4) is 11.5 Å². The van der Waals surface area contributed by atoms with E-state index in [-0.39, 0.29) is 17.3 Å². The van der Waals surface area contributed by atoms with Gasteiger partial charge in [0, 0.05) is 23.2 Å². The Morgan fingerprint density at radius 1 is 1.17 bits per heavy atom. The Morgan fingerprint density at radius 3 is 2.87 bits per heavy atom. The van der Waals surface area contributed by atoms with Crippen molar-refractivity contribution in [2.24, 2.45) is 0 Å². The van der Waals surface area contributed by atoms with Gasteiger partial charge in [0.25, 0.3) is 0 Å². The third-order valence-corrected chi connectivity index (χ3v) is 4.02. The molecular formula is C18H10ClNO3. The van der Waals surface area contributed by atoms with Gasteiger partial charge in [-0.25, -0.2) is 4.98 Å².